The number of anilines is 1. The molecule has 3 aromatic rings. The van der Waals surface area contributed by atoms with Gasteiger partial charge in [0, 0.05) is 29.5 Å². The molecule has 0 aliphatic carbocycles. The minimum Gasteiger partial charge on any atom is -0.496 e. The average Bonchev–Trinajstić information content (AvgIpc) is 2.63. The van der Waals surface area contributed by atoms with Crippen LogP contribution >= 0.6 is 0 Å². The zero-order valence-corrected chi connectivity index (χ0v) is 13.7. The third-order valence-electron chi connectivity index (χ3n) is 3.71. The van der Waals surface area contributed by atoms with Gasteiger partial charge in [0.15, 0.2) is 0 Å². The van der Waals surface area contributed by atoms with Gasteiger partial charge >= 0.3 is 0 Å². The van der Waals surface area contributed by atoms with E-state index in [4.69, 9.17) is 10.3 Å². The molecule has 0 saturated carbocycles. The van der Waals surface area contributed by atoms with Gasteiger partial charge in [0.1, 0.15) is 5.75 Å². The number of nitrogens with one attached hydrogen (secondary N) is 1. The molecule has 3 rings (SSSR count). The Balaban J connectivity index is 2.46. The summed E-state index contributed by atoms with van der Waals surface area (Å²) in [4.78, 5) is 18.9. The van der Waals surface area contributed by atoms with E-state index < -0.39 is 0 Å². The summed E-state index contributed by atoms with van der Waals surface area (Å²) in [5, 5.41) is 7.19. The average molecular weight is 333 g/mol. The number of benzene rings is 2. The first-order chi connectivity index (χ1) is 12.2. The van der Waals surface area contributed by atoms with Gasteiger partial charge in [-0.15, -0.1) is 0 Å². The van der Waals surface area contributed by atoms with E-state index in [0.29, 0.717) is 28.0 Å². The largest absolute Gasteiger partial charge is 0.496 e. The topological polar surface area (TPSA) is 100.0 Å². The number of hydrogen-bond donors (Lipinski definition) is 1. The number of nitrogens with zero attached hydrogens (tertiary/aromatic N) is 4. The maximum absolute atomic E-state index is 11.6. The van der Waals surface area contributed by atoms with E-state index in [1.807, 2.05) is 36.4 Å². The molecule has 0 bridgehead atoms. The second-order valence-corrected chi connectivity index (χ2v) is 5.29. The number of azide groups is 1. The molecule has 0 saturated heterocycles. The van der Waals surface area contributed by atoms with Crippen molar-refractivity contribution < 1.29 is 9.53 Å². The van der Waals surface area contributed by atoms with Gasteiger partial charge in [0.25, 0.3) is 0 Å². The molecule has 0 radical (unpaired) electrons. The fourth-order valence-corrected chi connectivity index (χ4v) is 2.74. The molecule has 0 fully saturated rings. The number of fused-ring (bicyclic) bond motifs is 1. The number of carbonyl (C=O) groups excluding carboxylic acids is 1. The summed E-state index contributed by atoms with van der Waals surface area (Å²) in [6, 6.07) is 13.1. The number of carbonyl (C=O) groups is 1. The molecule has 7 heteroatoms. The Bertz CT molecular complexity index is 995. The Morgan fingerprint density at radius 3 is 2.68 bits per heavy atom. The van der Waals surface area contributed by atoms with Crippen LogP contribution in [0, 0.1) is 0 Å². The van der Waals surface area contributed by atoms with Crippen LogP contribution in [0.5, 0.6) is 5.75 Å². The predicted molar refractivity (Wildman–Crippen MR) is 96.8 cm³/mol. The van der Waals surface area contributed by atoms with Crippen LogP contribution in [0.25, 0.3) is 32.5 Å². The lowest BCUT2D eigenvalue weighted by Gasteiger charge is -2.15. The molecule has 0 atom stereocenters. The first-order valence-electron chi connectivity index (χ1n) is 7.53. The van der Waals surface area contributed by atoms with Crippen LogP contribution in [0.1, 0.15) is 6.92 Å². The zero-order chi connectivity index (χ0) is 17.8. The van der Waals surface area contributed by atoms with Crippen LogP contribution in [-0.4, -0.2) is 18.0 Å². The van der Waals surface area contributed by atoms with Crippen molar-refractivity contribution in [3.05, 3.63) is 59.1 Å². The van der Waals surface area contributed by atoms with Gasteiger partial charge in [-0.05, 0) is 22.7 Å². The summed E-state index contributed by atoms with van der Waals surface area (Å²) in [7, 11) is 1.48. The normalized spacial score (nSPS) is 10.2. The van der Waals surface area contributed by atoms with Crippen LogP contribution in [0.15, 0.2) is 53.8 Å². The van der Waals surface area contributed by atoms with Gasteiger partial charge in [-0.3, -0.25) is 9.78 Å². The van der Waals surface area contributed by atoms with Gasteiger partial charge in [-0.2, -0.15) is 0 Å². The second-order valence-electron chi connectivity index (χ2n) is 5.29. The van der Waals surface area contributed by atoms with Crippen LogP contribution in [-0.2, 0) is 4.79 Å². The molecular formula is C18H15N5O2. The highest BCUT2D eigenvalue weighted by Crippen LogP contribution is 2.44. The van der Waals surface area contributed by atoms with E-state index in [2.05, 4.69) is 20.3 Å². The summed E-state index contributed by atoms with van der Waals surface area (Å²) in [5.74, 6) is 0.131. The van der Waals surface area contributed by atoms with Crippen LogP contribution in [0.3, 0.4) is 0 Å². The molecule has 0 unspecified atom stereocenters. The number of aromatic nitrogens is 1. The van der Waals surface area contributed by atoms with Crippen molar-refractivity contribution in [1.29, 1.82) is 0 Å². The Kier molecular flexibility index (Phi) is 4.50. The first kappa shape index (κ1) is 16.3. The van der Waals surface area contributed by atoms with Crippen molar-refractivity contribution in [1.82, 2.24) is 4.98 Å². The molecule has 0 spiro atoms. The number of pyridine rings is 1. The first-order valence-corrected chi connectivity index (χ1v) is 7.53. The van der Waals surface area contributed by atoms with Crippen molar-refractivity contribution in [3.63, 3.8) is 0 Å². The maximum Gasteiger partial charge on any atom is 0.221 e. The van der Waals surface area contributed by atoms with E-state index in [1.54, 1.807) is 12.3 Å². The van der Waals surface area contributed by atoms with Crippen molar-refractivity contribution in [3.8, 4) is 16.9 Å². The molecule has 7 nitrogen and oxygen atoms in total. The van der Waals surface area contributed by atoms with E-state index in [0.717, 1.165) is 11.1 Å². The monoisotopic (exact) mass is 333 g/mol. The van der Waals surface area contributed by atoms with Gasteiger partial charge in [0.05, 0.1) is 24.0 Å². The lowest BCUT2D eigenvalue weighted by Crippen LogP contribution is -2.07. The van der Waals surface area contributed by atoms with Crippen LogP contribution in [0.2, 0.25) is 0 Å². The SMILES string of the molecule is COc1cc(NC(C)=O)c2nccc(-c3ccccc3)c2c1N=[N+]=[N-]. The highest BCUT2D eigenvalue weighted by atomic mass is 16.5. The Morgan fingerprint density at radius 2 is 2.04 bits per heavy atom. The Morgan fingerprint density at radius 1 is 1.28 bits per heavy atom. The molecule has 0 aliphatic heterocycles. The number of hydrogen-bond acceptors (Lipinski definition) is 4. The minimum absolute atomic E-state index is 0.230. The number of ether oxygens (including phenoxy) is 1. The lowest BCUT2D eigenvalue weighted by molar-refractivity contribution is -0.114. The van der Waals surface area contributed by atoms with E-state index in [-0.39, 0.29) is 5.91 Å². The molecule has 1 amide bonds. The summed E-state index contributed by atoms with van der Waals surface area (Å²) in [6.07, 6.45) is 1.66. The fourth-order valence-electron chi connectivity index (χ4n) is 2.74. The molecule has 1 heterocycles. The van der Waals surface area contributed by atoms with E-state index >= 15 is 0 Å². The smallest absolute Gasteiger partial charge is 0.221 e. The summed E-state index contributed by atoms with van der Waals surface area (Å²) in [6.45, 7) is 1.42. The lowest BCUT2D eigenvalue weighted by atomic mass is 9.99. The number of amides is 1. The molecular weight excluding hydrogens is 318 g/mol. The third kappa shape index (κ3) is 3.08. The summed E-state index contributed by atoms with van der Waals surface area (Å²) in [5.41, 5.74) is 12.1. The van der Waals surface area contributed by atoms with Crippen molar-refractivity contribution >= 4 is 28.2 Å². The molecule has 1 N–H and O–H groups in total. The number of methoxy groups -OCH3 is 1. The third-order valence-corrected chi connectivity index (χ3v) is 3.71. The summed E-state index contributed by atoms with van der Waals surface area (Å²) < 4.78 is 5.38. The van der Waals surface area contributed by atoms with Crippen molar-refractivity contribution in [2.75, 3.05) is 12.4 Å². The zero-order valence-electron chi connectivity index (χ0n) is 13.7. The van der Waals surface area contributed by atoms with E-state index in [1.165, 1.54) is 14.0 Å². The quantitative estimate of drug-likeness (QED) is 0.421. The van der Waals surface area contributed by atoms with Crippen LogP contribution < -0.4 is 10.1 Å². The highest BCUT2D eigenvalue weighted by Gasteiger charge is 2.17. The molecule has 124 valence electrons. The van der Waals surface area contributed by atoms with Gasteiger partial charge in [-0.1, -0.05) is 35.4 Å². The molecule has 1 aromatic heterocycles. The highest BCUT2D eigenvalue weighted by molar-refractivity contribution is 6.11. The summed E-state index contributed by atoms with van der Waals surface area (Å²) >= 11 is 0. The van der Waals surface area contributed by atoms with Crippen molar-refractivity contribution in [2.45, 2.75) is 6.92 Å². The molecule has 25 heavy (non-hydrogen) atoms. The van der Waals surface area contributed by atoms with E-state index in [9.17, 15) is 4.79 Å². The molecule has 0 aliphatic rings. The maximum atomic E-state index is 11.6. The molecule has 2 aromatic carbocycles. The second kappa shape index (κ2) is 6.90. The predicted octanol–water partition coefficient (Wildman–Crippen LogP) is 4.81. The van der Waals surface area contributed by atoms with Crippen LogP contribution in [0.4, 0.5) is 11.4 Å². The van der Waals surface area contributed by atoms with Gasteiger partial charge < -0.3 is 10.1 Å². The van der Waals surface area contributed by atoms with Crippen molar-refractivity contribution in [2.24, 2.45) is 5.11 Å². The number of rotatable bonds is 4. The standard InChI is InChI=1S/C18H15N5O2/c1-11(24)21-14-10-15(25-2)18(22-23-19)16-13(8-9-20-17(14)16)12-6-4-3-5-7-12/h3-10H,1-2H3,(H,21,24). The Hall–Kier alpha value is -3.57. The minimum atomic E-state index is -0.230. The van der Waals surface area contributed by atoms with Gasteiger partial charge in [-0.25, -0.2) is 0 Å². The fraction of sp³-hybridized carbons (Fsp3) is 0.111. The Labute approximate surface area is 143 Å². The van der Waals surface area contributed by atoms with Gasteiger partial charge in [0.2, 0.25) is 5.91 Å².